The summed E-state index contributed by atoms with van der Waals surface area (Å²) in [6.45, 7) is 4.56. The van der Waals surface area contributed by atoms with Crippen LogP contribution in [-0.4, -0.2) is 11.5 Å². The molecule has 0 unspecified atom stereocenters. The largest absolute Gasteiger partial charge is 0.162 e. The van der Waals surface area contributed by atoms with Crippen molar-refractivity contribution in [3.8, 4) is 0 Å². The molecule has 0 rings (SSSR count). The van der Waals surface area contributed by atoms with Gasteiger partial charge in [-0.2, -0.15) is 11.8 Å². The molecule has 0 saturated carbocycles. The third-order valence-corrected chi connectivity index (χ3v) is 5.08. The van der Waals surface area contributed by atoms with Crippen molar-refractivity contribution in [1.82, 2.24) is 0 Å². The van der Waals surface area contributed by atoms with E-state index in [4.69, 9.17) is 0 Å². The molecule has 0 amide bonds. The molecule has 0 aliphatic rings. The summed E-state index contributed by atoms with van der Waals surface area (Å²) >= 11 is 2.09. The number of rotatable bonds is 17. The Balaban J connectivity index is 2.89. The quantitative estimate of drug-likeness (QED) is 0.249. The third kappa shape index (κ3) is 18.4. The zero-order valence-corrected chi connectivity index (χ0v) is 15.2. The molecule has 0 aromatic carbocycles. The summed E-state index contributed by atoms with van der Waals surface area (Å²) in [5.74, 6) is 2.67. The Bertz CT molecular complexity index is 138. The third-order valence-electron chi connectivity index (χ3n) is 4.10. The smallest absolute Gasteiger partial charge is 0.00676 e. The van der Waals surface area contributed by atoms with Crippen LogP contribution >= 0.6 is 11.8 Å². The van der Waals surface area contributed by atoms with Crippen LogP contribution in [0, 0.1) is 0 Å². The average molecular weight is 301 g/mol. The fourth-order valence-electron chi connectivity index (χ4n) is 2.72. The molecule has 0 nitrogen and oxygen atoms in total. The maximum Gasteiger partial charge on any atom is -0.00676 e. The van der Waals surface area contributed by atoms with Crippen molar-refractivity contribution in [2.75, 3.05) is 11.5 Å². The lowest BCUT2D eigenvalue weighted by Crippen LogP contribution is -1.84. The second-order valence-corrected chi connectivity index (χ2v) is 7.54. The zero-order valence-electron chi connectivity index (χ0n) is 14.4. The fourth-order valence-corrected chi connectivity index (χ4v) is 3.42. The van der Waals surface area contributed by atoms with Gasteiger partial charge in [-0.3, -0.25) is 0 Å². The molecular formula is C19H40S. The average Bonchev–Trinajstić information content (AvgIpc) is 2.47. The summed E-state index contributed by atoms with van der Waals surface area (Å²) in [7, 11) is 0. The summed E-state index contributed by atoms with van der Waals surface area (Å²) < 4.78 is 0. The summed E-state index contributed by atoms with van der Waals surface area (Å²) in [6, 6.07) is 0. The summed E-state index contributed by atoms with van der Waals surface area (Å²) in [6.07, 6.45) is 22.0. The maximum atomic E-state index is 2.30. The van der Waals surface area contributed by atoms with Crippen molar-refractivity contribution in [3.05, 3.63) is 0 Å². The predicted octanol–water partition coefficient (Wildman–Crippen LogP) is 7.61. The fraction of sp³-hybridized carbons (Fsp3) is 1.00. The second-order valence-electron chi connectivity index (χ2n) is 6.15. The van der Waals surface area contributed by atoms with Crippen LogP contribution in [-0.2, 0) is 0 Å². The SMILES string of the molecule is CCCCCCCCCCCCCCCCCSCC. The molecular weight excluding hydrogens is 260 g/mol. The Labute approximate surface area is 133 Å². The molecule has 20 heavy (non-hydrogen) atoms. The van der Waals surface area contributed by atoms with Crippen molar-refractivity contribution in [2.45, 2.75) is 110 Å². The van der Waals surface area contributed by atoms with Crippen molar-refractivity contribution in [3.63, 3.8) is 0 Å². The lowest BCUT2D eigenvalue weighted by molar-refractivity contribution is 0.535. The Hall–Kier alpha value is 0.350. The molecule has 0 atom stereocenters. The first-order valence-corrected chi connectivity index (χ1v) is 10.6. The van der Waals surface area contributed by atoms with E-state index >= 15 is 0 Å². The number of hydrogen-bond acceptors (Lipinski definition) is 1. The topological polar surface area (TPSA) is 0 Å². The highest BCUT2D eigenvalue weighted by Gasteiger charge is 1.94. The van der Waals surface area contributed by atoms with Crippen LogP contribution < -0.4 is 0 Å². The molecule has 0 fully saturated rings. The van der Waals surface area contributed by atoms with Crippen LogP contribution in [0.4, 0.5) is 0 Å². The van der Waals surface area contributed by atoms with Crippen LogP contribution in [0.1, 0.15) is 110 Å². The van der Waals surface area contributed by atoms with Crippen molar-refractivity contribution >= 4 is 11.8 Å². The van der Waals surface area contributed by atoms with Gasteiger partial charge < -0.3 is 0 Å². The van der Waals surface area contributed by atoms with Gasteiger partial charge in [0.1, 0.15) is 0 Å². The molecule has 0 N–H and O–H groups in total. The van der Waals surface area contributed by atoms with Gasteiger partial charge in [0.05, 0.1) is 0 Å². The Morgan fingerprint density at radius 1 is 0.450 bits per heavy atom. The van der Waals surface area contributed by atoms with Crippen LogP contribution in [0.3, 0.4) is 0 Å². The van der Waals surface area contributed by atoms with E-state index in [0.717, 1.165) is 0 Å². The van der Waals surface area contributed by atoms with E-state index in [9.17, 15) is 0 Å². The first-order valence-electron chi connectivity index (χ1n) is 9.49. The minimum absolute atomic E-state index is 1.29. The summed E-state index contributed by atoms with van der Waals surface area (Å²) in [5, 5.41) is 0. The Kier molecular flexibility index (Phi) is 19.7. The highest BCUT2D eigenvalue weighted by Crippen LogP contribution is 2.14. The lowest BCUT2D eigenvalue weighted by atomic mass is 10.0. The number of thioether (sulfide) groups is 1. The van der Waals surface area contributed by atoms with Crippen molar-refractivity contribution < 1.29 is 0 Å². The summed E-state index contributed by atoms with van der Waals surface area (Å²) in [5.41, 5.74) is 0. The molecule has 122 valence electrons. The summed E-state index contributed by atoms with van der Waals surface area (Å²) in [4.78, 5) is 0. The zero-order chi connectivity index (χ0) is 14.7. The monoisotopic (exact) mass is 300 g/mol. The molecule has 0 radical (unpaired) electrons. The van der Waals surface area contributed by atoms with E-state index < -0.39 is 0 Å². The van der Waals surface area contributed by atoms with E-state index in [-0.39, 0.29) is 0 Å². The van der Waals surface area contributed by atoms with E-state index in [0.29, 0.717) is 0 Å². The second kappa shape index (κ2) is 19.4. The van der Waals surface area contributed by atoms with E-state index in [1.165, 1.54) is 108 Å². The van der Waals surface area contributed by atoms with Gasteiger partial charge in [0, 0.05) is 0 Å². The van der Waals surface area contributed by atoms with E-state index in [1.807, 2.05) is 0 Å². The van der Waals surface area contributed by atoms with Crippen LogP contribution in [0.5, 0.6) is 0 Å². The van der Waals surface area contributed by atoms with Gasteiger partial charge in [0.15, 0.2) is 0 Å². The predicted molar refractivity (Wildman–Crippen MR) is 97.9 cm³/mol. The molecule has 0 aliphatic carbocycles. The molecule has 0 aliphatic heterocycles. The molecule has 0 bridgehead atoms. The van der Waals surface area contributed by atoms with Gasteiger partial charge in [-0.15, -0.1) is 0 Å². The standard InChI is InChI=1S/C19H40S/c1-3-5-6-7-8-9-10-11-12-13-14-15-16-17-18-19-20-4-2/h3-19H2,1-2H3. The van der Waals surface area contributed by atoms with Gasteiger partial charge in [0.25, 0.3) is 0 Å². The maximum absolute atomic E-state index is 2.30. The van der Waals surface area contributed by atoms with Crippen molar-refractivity contribution in [2.24, 2.45) is 0 Å². The minimum Gasteiger partial charge on any atom is -0.162 e. The minimum atomic E-state index is 1.29. The molecule has 0 saturated heterocycles. The molecule has 0 aromatic rings. The van der Waals surface area contributed by atoms with Crippen molar-refractivity contribution in [1.29, 1.82) is 0 Å². The normalized spacial score (nSPS) is 11.1. The van der Waals surface area contributed by atoms with Crippen LogP contribution in [0.2, 0.25) is 0 Å². The Morgan fingerprint density at radius 3 is 1.15 bits per heavy atom. The van der Waals surface area contributed by atoms with Crippen LogP contribution in [0.15, 0.2) is 0 Å². The molecule has 0 spiro atoms. The van der Waals surface area contributed by atoms with Gasteiger partial charge >= 0.3 is 0 Å². The first-order chi connectivity index (χ1) is 9.91. The highest BCUT2D eigenvalue weighted by atomic mass is 32.2. The van der Waals surface area contributed by atoms with Gasteiger partial charge in [0.2, 0.25) is 0 Å². The number of hydrogen-bond donors (Lipinski definition) is 0. The number of unbranched alkanes of at least 4 members (excludes halogenated alkanes) is 14. The lowest BCUT2D eigenvalue weighted by Gasteiger charge is -2.03. The highest BCUT2D eigenvalue weighted by molar-refractivity contribution is 7.99. The van der Waals surface area contributed by atoms with E-state index in [2.05, 4.69) is 25.6 Å². The molecule has 0 heterocycles. The van der Waals surface area contributed by atoms with E-state index in [1.54, 1.807) is 0 Å². The Morgan fingerprint density at radius 2 is 0.800 bits per heavy atom. The molecule has 1 heteroatoms. The van der Waals surface area contributed by atoms with Gasteiger partial charge in [-0.25, -0.2) is 0 Å². The van der Waals surface area contributed by atoms with Gasteiger partial charge in [-0.05, 0) is 17.9 Å². The first kappa shape index (κ1) is 20.3. The van der Waals surface area contributed by atoms with Crippen LogP contribution in [0.25, 0.3) is 0 Å². The molecule has 0 aromatic heterocycles. The van der Waals surface area contributed by atoms with Gasteiger partial charge in [-0.1, -0.05) is 104 Å².